The zero-order chi connectivity index (χ0) is 23.4. The number of rotatable bonds is 5. The van der Waals surface area contributed by atoms with Crippen LogP contribution in [0.25, 0.3) is 10.8 Å². The summed E-state index contributed by atoms with van der Waals surface area (Å²) < 4.78 is 17.3. The first-order valence-electron chi connectivity index (χ1n) is 10.0. The fourth-order valence-corrected chi connectivity index (χ4v) is 3.23. The maximum atomic E-state index is 12.4. The summed E-state index contributed by atoms with van der Waals surface area (Å²) in [6.07, 6.45) is -0.428. The number of hydrogen-bond donors (Lipinski definition) is 2. The number of carbonyl (C=O) groups is 3. The van der Waals surface area contributed by atoms with Crippen molar-refractivity contribution in [2.24, 2.45) is 7.05 Å². The third-order valence-corrected chi connectivity index (χ3v) is 4.79. The zero-order valence-electron chi connectivity index (χ0n) is 17.6. The fourth-order valence-electron chi connectivity index (χ4n) is 3.23. The number of carbonyl (C=O) groups excluding carboxylic acids is 3. The van der Waals surface area contributed by atoms with Crippen molar-refractivity contribution in [2.75, 3.05) is 19.8 Å². The molecule has 1 aliphatic rings. The molecule has 2 N–H and O–H groups in total. The van der Waals surface area contributed by atoms with Crippen LogP contribution in [-0.4, -0.2) is 53.6 Å². The lowest BCUT2D eigenvalue weighted by molar-refractivity contribution is -0.123. The van der Waals surface area contributed by atoms with Crippen LogP contribution in [0.1, 0.15) is 10.5 Å². The van der Waals surface area contributed by atoms with Crippen molar-refractivity contribution in [3.05, 3.63) is 64.6 Å². The van der Waals surface area contributed by atoms with Gasteiger partial charge in [0.2, 0.25) is 0 Å². The number of aryl methyl sites for hydroxylation is 1. The number of imide groups is 1. The number of urea groups is 1. The molecule has 1 aliphatic heterocycles. The van der Waals surface area contributed by atoms with Gasteiger partial charge in [-0.05, 0) is 18.2 Å². The maximum absolute atomic E-state index is 12.4. The molecule has 4 rings (SSSR count). The predicted octanol–water partition coefficient (Wildman–Crippen LogP) is 0.756. The molecule has 1 atom stereocenters. The first-order valence-corrected chi connectivity index (χ1v) is 10.0. The van der Waals surface area contributed by atoms with Gasteiger partial charge in [-0.2, -0.15) is 5.10 Å². The highest BCUT2D eigenvalue weighted by molar-refractivity contribution is 6.03. The van der Waals surface area contributed by atoms with E-state index in [1.165, 1.54) is 7.05 Å². The number of aromatic nitrogens is 2. The average molecular weight is 452 g/mol. The average Bonchev–Trinajstić information content (AvgIpc) is 2.83. The molecule has 0 aliphatic carbocycles. The molecular formula is C22H20N4O7. The van der Waals surface area contributed by atoms with Crippen LogP contribution in [0.4, 0.5) is 4.79 Å². The molecule has 2 aromatic carbocycles. The molecule has 170 valence electrons. The van der Waals surface area contributed by atoms with Crippen LogP contribution in [-0.2, 0) is 16.6 Å². The van der Waals surface area contributed by atoms with Crippen molar-refractivity contribution in [1.29, 1.82) is 0 Å². The van der Waals surface area contributed by atoms with Gasteiger partial charge in [0.05, 0.1) is 11.9 Å². The van der Waals surface area contributed by atoms with Gasteiger partial charge in [-0.15, -0.1) is 0 Å². The van der Waals surface area contributed by atoms with Crippen LogP contribution in [0, 0.1) is 0 Å². The van der Waals surface area contributed by atoms with Crippen LogP contribution in [0.3, 0.4) is 0 Å². The highest BCUT2D eigenvalue weighted by Crippen LogP contribution is 2.30. The molecule has 33 heavy (non-hydrogen) atoms. The van der Waals surface area contributed by atoms with E-state index in [2.05, 4.69) is 15.7 Å². The Kier molecular flexibility index (Phi) is 6.20. The quantitative estimate of drug-likeness (QED) is 0.541. The van der Waals surface area contributed by atoms with Crippen molar-refractivity contribution in [3.8, 4) is 11.5 Å². The molecule has 0 radical (unpaired) electrons. The van der Waals surface area contributed by atoms with Crippen molar-refractivity contribution in [1.82, 2.24) is 20.4 Å². The van der Waals surface area contributed by atoms with E-state index in [0.717, 1.165) is 4.68 Å². The van der Waals surface area contributed by atoms with Crippen molar-refractivity contribution >= 4 is 28.7 Å². The third kappa shape index (κ3) is 4.92. The molecule has 3 aromatic rings. The number of benzene rings is 2. The second-order valence-electron chi connectivity index (χ2n) is 7.15. The standard InChI is InChI=1S/C22H20N4O7/c1-26-20(28)15-7-3-2-6-14(15)19(25-26)21(29)32-12-18(27)24-22(30)23-10-13-11-31-16-8-4-5-9-17(16)33-13/h2-9,13H,10-12H2,1H3,(H2,23,24,27,30). The lowest BCUT2D eigenvalue weighted by atomic mass is 10.1. The number of para-hydroxylation sites is 2. The van der Waals surface area contributed by atoms with E-state index < -0.39 is 30.6 Å². The summed E-state index contributed by atoms with van der Waals surface area (Å²) in [5, 5.41) is 9.10. The Labute approximate surface area is 187 Å². The van der Waals surface area contributed by atoms with E-state index in [0.29, 0.717) is 22.3 Å². The van der Waals surface area contributed by atoms with Crippen molar-refractivity contribution < 1.29 is 28.6 Å². The summed E-state index contributed by atoms with van der Waals surface area (Å²) in [7, 11) is 1.41. The highest BCUT2D eigenvalue weighted by Gasteiger charge is 2.22. The van der Waals surface area contributed by atoms with E-state index in [4.69, 9.17) is 14.2 Å². The van der Waals surface area contributed by atoms with Gasteiger partial charge in [0.25, 0.3) is 11.5 Å². The van der Waals surface area contributed by atoms with Crippen molar-refractivity contribution in [3.63, 3.8) is 0 Å². The summed E-state index contributed by atoms with van der Waals surface area (Å²) in [6, 6.07) is 12.8. The smallest absolute Gasteiger partial charge is 0.359 e. The molecule has 0 saturated carbocycles. The van der Waals surface area contributed by atoms with Gasteiger partial charge >= 0.3 is 12.0 Å². The Morgan fingerprint density at radius 1 is 1.09 bits per heavy atom. The van der Waals surface area contributed by atoms with Crippen LogP contribution >= 0.6 is 0 Å². The molecule has 11 nitrogen and oxygen atoms in total. The first kappa shape index (κ1) is 21.8. The summed E-state index contributed by atoms with van der Waals surface area (Å²) in [5.74, 6) is -0.542. The Hall–Kier alpha value is -4.41. The van der Waals surface area contributed by atoms with E-state index in [9.17, 15) is 19.2 Å². The fraction of sp³-hybridized carbons (Fsp3) is 0.227. The van der Waals surface area contributed by atoms with E-state index >= 15 is 0 Å². The second-order valence-corrected chi connectivity index (χ2v) is 7.15. The summed E-state index contributed by atoms with van der Waals surface area (Å²) >= 11 is 0. The van der Waals surface area contributed by atoms with Gasteiger partial charge in [0.15, 0.2) is 29.9 Å². The number of hydrogen-bond acceptors (Lipinski definition) is 8. The molecule has 0 fully saturated rings. The van der Waals surface area contributed by atoms with Crippen LogP contribution < -0.4 is 25.7 Å². The molecule has 0 saturated heterocycles. The number of amides is 3. The monoisotopic (exact) mass is 452 g/mol. The molecule has 11 heteroatoms. The molecule has 1 aromatic heterocycles. The number of fused-ring (bicyclic) bond motifs is 2. The summed E-state index contributed by atoms with van der Waals surface area (Å²) in [4.78, 5) is 48.6. The normalized spacial score (nSPS) is 14.4. The second kappa shape index (κ2) is 9.39. The van der Waals surface area contributed by atoms with E-state index in [-0.39, 0.29) is 24.4 Å². The Morgan fingerprint density at radius 3 is 2.58 bits per heavy atom. The van der Waals surface area contributed by atoms with Gasteiger partial charge in [-0.25, -0.2) is 14.3 Å². The van der Waals surface area contributed by atoms with Gasteiger partial charge in [-0.3, -0.25) is 14.9 Å². The molecule has 2 heterocycles. The lowest BCUT2D eigenvalue weighted by Crippen LogP contribution is -2.46. The molecule has 1 unspecified atom stereocenters. The molecule has 0 spiro atoms. The molecule has 0 bridgehead atoms. The minimum Gasteiger partial charge on any atom is -0.486 e. The topological polar surface area (TPSA) is 138 Å². The van der Waals surface area contributed by atoms with Gasteiger partial charge in [0.1, 0.15) is 6.61 Å². The lowest BCUT2D eigenvalue weighted by Gasteiger charge is -2.26. The van der Waals surface area contributed by atoms with Gasteiger partial charge in [0, 0.05) is 12.4 Å². The van der Waals surface area contributed by atoms with Crippen LogP contribution in [0.15, 0.2) is 53.3 Å². The third-order valence-electron chi connectivity index (χ3n) is 4.79. The van der Waals surface area contributed by atoms with E-state index in [1.54, 1.807) is 42.5 Å². The van der Waals surface area contributed by atoms with Gasteiger partial charge in [-0.1, -0.05) is 30.3 Å². The van der Waals surface area contributed by atoms with Gasteiger partial charge < -0.3 is 19.5 Å². The highest BCUT2D eigenvalue weighted by atomic mass is 16.6. The molecule has 3 amide bonds. The van der Waals surface area contributed by atoms with Crippen LogP contribution in [0.2, 0.25) is 0 Å². The Balaban J connectivity index is 1.27. The minimum absolute atomic E-state index is 0.0984. The largest absolute Gasteiger partial charge is 0.486 e. The summed E-state index contributed by atoms with van der Waals surface area (Å²) in [6.45, 7) is -0.369. The Morgan fingerprint density at radius 2 is 1.79 bits per heavy atom. The number of nitrogens with zero attached hydrogens (tertiary/aromatic N) is 2. The number of ether oxygens (including phenoxy) is 3. The molecular weight excluding hydrogens is 432 g/mol. The first-order chi connectivity index (χ1) is 15.9. The zero-order valence-corrected chi connectivity index (χ0v) is 17.6. The number of nitrogens with one attached hydrogen (secondary N) is 2. The van der Waals surface area contributed by atoms with Crippen molar-refractivity contribution in [2.45, 2.75) is 6.10 Å². The maximum Gasteiger partial charge on any atom is 0.359 e. The summed E-state index contributed by atoms with van der Waals surface area (Å²) in [5.41, 5.74) is -0.480. The van der Waals surface area contributed by atoms with Crippen LogP contribution in [0.5, 0.6) is 11.5 Å². The predicted molar refractivity (Wildman–Crippen MR) is 115 cm³/mol. The minimum atomic E-state index is -0.899. The van der Waals surface area contributed by atoms with E-state index in [1.807, 2.05) is 6.07 Å². The SMILES string of the molecule is Cn1nc(C(=O)OCC(=O)NC(=O)NCC2COc3ccccc3O2)c2ccccc2c1=O. The number of esters is 1. The Bertz CT molecular complexity index is 1290.